The van der Waals surface area contributed by atoms with Gasteiger partial charge in [0.15, 0.2) is 0 Å². The van der Waals surface area contributed by atoms with Crippen LogP contribution in [-0.2, 0) is 0 Å². The van der Waals surface area contributed by atoms with E-state index < -0.39 is 0 Å². The van der Waals surface area contributed by atoms with Gasteiger partial charge in [0, 0.05) is 19.3 Å². The lowest BCUT2D eigenvalue weighted by Crippen LogP contribution is -2.21. The van der Waals surface area contributed by atoms with Gasteiger partial charge in [-0.2, -0.15) is 0 Å². The van der Waals surface area contributed by atoms with Crippen LogP contribution in [0.1, 0.15) is 30.9 Å². The predicted octanol–water partition coefficient (Wildman–Crippen LogP) is 4.87. The Hall–Kier alpha value is -1.76. The molecule has 21 heavy (non-hydrogen) atoms. The Morgan fingerprint density at radius 2 is 1.57 bits per heavy atom. The Kier molecular flexibility index (Phi) is 3.52. The molecule has 2 unspecified atom stereocenters. The monoisotopic (exact) mass is 279 g/mol. The number of benzene rings is 2. The van der Waals surface area contributed by atoms with Crippen molar-refractivity contribution in [3.8, 4) is 0 Å². The molecule has 0 N–H and O–H groups in total. The highest BCUT2D eigenvalue weighted by Crippen LogP contribution is 2.64. The molecule has 1 aliphatic rings. The summed E-state index contributed by atoms with van der Waals surface area (Å²) in [5, 5.41) is 0. The van der Waals surface area contributed by atoms with Crippen LogP contribution >= 0.6 is 0 Å². The SMILES string of the molecule is Cc1ccc(C2C(CN(C)c3ccccc3)C2(C)C)cc1. The fraction of sp³-hybridized carbons (Fsp3) is 0.400. The van der Waals surface area contributed by atoms with Gasteiger partial charge < -0.3 is 4.90 Å². The van der Waals surface area contributed by atoms with Crippen LogP contribution in [0, 0.1) is 18.3 Å². The van der Waals surface area contributed by atoms with Crippen LogP contribution in [0.15, 0.2) is 54.6 Å². The Morgan fingerprint density at radius 1 is 0.952 bits per heavy atom. The van der Waals surface area contributed by atoms with Crippen LogP contribution in [0.3, 0.4) is 0 Å². The molecule has 2 atom stereocenters. The predicted molar refractivity (Wildman–Crippen MR) is 90.9 cm³/mol. The van der Waals surface area contributed by atoms with Crippen LogP contribution in [0.2, 0.25) is 0 Å². The molecule has 0 radical (unpaired) electrons. The molecule has 0 aliphatic heterocycles. The average molecular weight is 279 g/mol. The molecule has 2 aromatic rings. The number of anilines is 1. The highest BCUT2D eigenvalue weighted by molar-refractivity contribution is 5.46. The van der Waals surface area contributed by atoms with Gasteiger partial charge in [0.1, 0.15) is 0 Å². The van der Waals surface area contributed by atoms with E-state index in [1.807, 2.05) is 0 Å². The maximum absolute atomic E-state index is 2.40. The van der Waals surface area contributed by atoms with E-state index in [0.717, 1.165) is 12.5 Å². The molecule has 0 heterocycles. The van der Waals surface area contributed by atoms with E-state index in [9.17, 15) is 0 Å². The first-order valence-corrected chi connectivity index (χ1v) is 7.83. The number of para-hydroxylation sites is 1. The van der Waals surface area contributed by atoms with Crippen molar-refractivity contribution in [1.82, 2.24) is 0 Å². The molecular weight excluding hydrogens is 254 g/mol. The average Bonchev–Trinajstić information content (AvgIpc) is 3.02. The minimum Gasteiger partial charge on any atom is -0.374 e. The molecule has 0 spiro atoms. The zero-order valence-electron chi connectivity index (χ0n) is 13.5. The Balaban J connectivity index is 1.73. The third-order valence-corrected chi connectivity index (χ3v) is 5.15. The summed E-state index contributed by atoms with van der Waals surface area (Å²) in [4.78, 5) is 2.39. The molecule has 0 amide bonds. The van der Waals surface area contributed by atoms with Gasteiger partial charge in [0.25, 0.3) is 0 Å². The molecule has 1 fully saturated rings. The van der Waals surface area contributed by atoms with Crippen molar-refractivity contribution >= 4 is 5.69 Å². The van der Waals surface area contributed by atoms with Gasteiger partial charge in [-0.25, -0.2) is 0 Å². The summed E-state index contributed by atoms with van der Waals surface area (Å²) in [6, 6.07) is 19.8. The Morgan fingerprint density at radius 3 is 2.19 bits per heavy atom. The van der Waals surface area contributed by atoms with E-state index in [4.69, 9.17) is 0 Å². The molecule has 0 aromatic heterocycles. The first-order chi connectivity index (χ1) is 10.00. The highest BCUT2D eigenvalue weighted by atomic mass is 15.1. The zero-order valence-corrected chi connectivity index (χ0v) is 13.5. The third kappa shape index (κ3) is 2.70. The molecule has 1 aliphatic carbocycles. The molecule has 1 nitrogen and oxygen atoms in total. The summed E-state index contributed by atoms with van der Waals surface area (Å²) in [6.45, 7) is 8.08. The van der Waals surface area contributed by atoms with Gasteiger partial charge in [-0.3, -0.25) is 0 Å². The summed E-state index contributed by atoms with van der Waals surface area (Å²) >= 11 is 0. The molecule has 0 saturated heterocycles. The largest absolute Gasteiger partial charge is 0.374 e. The van der Waals surface area contributed by atoms with Gasteiger partial charge in [-0.15, -0.1) is 0 Å². The molecule has 0 bridgehead atoms. The number of rotatable bonds is 4. The first kappa shape index (κ1) is 14.2. The minimum atomic E-state index is 0.401. The summed E-state index contributed by atoms with van der Waals surface area (Å²) in [6.07, 6.45) is 0. The third-order valence-electron chi connectivity index (χ3n) is 5.15. The molecule has 3 rings (SSSR count). The fourth-order valence-electron chi connectivity index (χ4n) is 3.60. The van der Waals surface area contributed by atoms with Crippen molar-refractivity contribution < 1.29 is 0 Å². The van der Waals surface area contributed by atoms with Crippen LogP contribution < -0.4 is 4.90 Å². The number of aryl methyl sites for hydroxylation is 1. The van der Waals surface area contributed by atoms with Crippen molar-refractivity contribution in [1.29, 1.82) is 0 Å². The van der Waals surface area contributed by atoms with Crippen molar-refractivity contribution in [3.05, 3.63) is 65.7 Å². The van der Waals surface area contributed by atoms with E-state index in [2.05, 4.69) is 87.3 Å². The first-order valence-electron chi connectivity index (χ1n) is 7.83. The molecule has 1 heteroatoms. The quantitative estimate of drug-likeness (QED) is 0.771. The van der Waals surface area contributed by atoms with Gasteiger partial charge in [0.05, 0.1) is 0 Å². The lowest BCUT2D eigenvalue weighted by atomic mass is 10.0. The maximum Gasteiger partial charge on any atom is 0.0363 e. The van der Waals surface area contributed by atoms with Gasteiger partial charge >= 0.3 is 0 Å². The number of nitrogens with zero attached hydrogens (tertiary/aromatic N) is 1. The van der Waals surface area contributed by atoms with E-state index in [-0.39, 0.29) is 0 Å². The van der Waals surface area contributed by atoms with E-state index in [1.54, 1.807) is 0 Å². The second-order valence-corrected chi connectivity index (χ2v) is 7.03. The van der Waals surface area contributed by atoms with E-state index in [0.29, 0.717) is 11.3 Å². The zero-order chi connectivity index (χ0) is 15.0. The van der Waals surface area contributed by atoms with Gasteiger partial charge in [-0.05, 0) is 41.9 Å². The second-order valence-electron chi connectivity index (χ2n) is 7.03. The minimum absolute atomic E-state index is 0.401. The maximum atomic E-state index is 2.40. The van der Waals surface area contributed by atoms with Crippen LogP contribution in [0.25, 0.3) is 0 Å². The Bertz CT molecular complexity index is 597. The van der Waals surface area contributed by atoms with Crippen molar-refractivity contribution in [2.45, 2.75) is 26.7 Å². The van der Waals surface area contributed by atoms with Crippen LogP contribution in [0.4, 0.5) is 5.69 Å². The normalized spacial score (nSPS) is 22.9. The van der Waals surface area contributed by atoms with E-state index >= 15 is 0 Å². The summed E-state index contributed by atoms with van der Waals surface area (Å²) in [7, 11) is 2.20. The number of hydrogen-bond donors (Lipinski definition) is 0. The summed E-state index contributed by atoms with van der Waals surface area (Å²) in [5.41, 5.74) is 4.55. The van der Waals surface area contributed by atoms with Crippen LogP contribution in [0.5, 0.6) is 0 Å². The standard InChI is InChI=1S/C20H25N/c1-15-10-12-16(13-11-15)19-18(20(19,2)3)14-21(4)17-8-6-5-7-9-17/h5-13,18-19H,14H2,1-4H3. The van der Waals surface area contributed by atoms with Crippen molar-refractivity contribution in [2.75, 3.05) is 18.5 Å². The van der Waals surface area contributed by atoms with Crippen molar-refractivity contribution in [2.24, 2.45) is 11.3 Å². The molecule has 1 saturated carbocycles. The second kappa shape index (κ2) is 5.22. The lowest BCUT2D eigenvalue weighted by molar-refractivity contribution is 0.552. The molecule has 110 valence electrons. The van der Waals surface area contributed by atoms with Crippen LogP contribution in [-0.4, -0.2) is 13.6 Å². The molecular formula is C20H25N. The smallest absolute Gasteiger partial charge is 0.0363 e. The fourth-order valence-corrected chi connectivity index (χ4v) is 3.60. The highest BCUT2D eigenvalue weighted by Gasteiger charge is 2.58. The molecule has 2 aromatic carbocycles. The van der Waals surface area contributed by atoms with E-state index in [1.165, 1.54) is 16.8 Å². The number of hydrogen-bond acceptors (Lipinski definition) is 1. The summed E-state index contributed by atoms with van der Waals surface area (Å²) < 4.78 is 0. The van der Waals surface area contributed by atoms with Crippen molar-refractivity contribution in [3.63, 3.8) is 0 Å². The Labute approximate surface area is 128 Å². The van der Waals surface area contributed by atoms with Gasteiger partial charge in [-0.1, -0.05) is 61.9 Å². The summed E-state index contributed by atoms with van der Waals surface area (Å²) in [5.74, 6) is 1.41. The lowest BCUT2D eigenvalue weighted by Gasteiger charge is -2.20. The topological polar surface area (TPSA) is 3.24 Å². The van der Waals surface area contributed by atoms with Gasteiger partial charge in [0.2, 0.25) is 0 Å².